The maximum absolute atomic E-state index is 4.92. The molecule has 1 aliphatic rings. The zero-order valence-electron chi connectivity index (χ0n) is 27.5. The molecule has 4 heterocycles. The van der Waals surface area contributed by atoms with Crippen molar-refractivity contribution in [2.24, 2.45) is 0 Å². The van der Waals surface area contributed by atoms with Crippen LogP contribution in [0.25, 0.3) is 44.6 Å². The van der Waals surface area contributed by atoms with Crippen LogP contribution in [0.5, 0.6) is 0 Å². The zero-order valence-corrected chi connectivity index (χ0v) is 27.5. The summed E-state index contributed by atoms with van der Waals surface area (Å²) in [6, 6.07) is 43.6. The second-order valence-electron chi connectivity index (χ2n) is 13.4. The van der Waals surface area contributed by atoms with Gasteiger partial charge in [-0.3, -0.25) is 4.57 Å². The van der Waals surface area contributed by atoms with Gasteiger partial charge in [0.25, 0.3) is 0 Å². The van der Waals surface area contributed by atoms with E-state index in [0.29, 0.717) is 0 Å². The maximum Gasteiger partial charge on any atom is 0.137 e. The van der Waals surface area contributed by atoms with Gasteiger partial charge in [-0.2, -0.15) is 0 Å². The third-order valence-corrected chi connectivity index (χ3v) is 10.1. The van der Waals surface area contributed by atoms with Crippen molar-refractivity contribution in [3.63, 3.8) is 0 Å². The quantitative estimate of drug-likeness (QED) is 0.196. The average Bonchev–Trinajstić information content (AvgIpc) is 3.72. The lowest BCUT2D eigenvalue weighted by Crippen LogP contribution is -2.30. The Labute approximate surface area is 280 Å². The van der Waals surface area contributed by atoms with E-state index < -0.39 is 0 Å². The topological polar surface area (TPSA) is 38.9 Å². The summed E-state index contributed by atoms with van der Waals surface area (Å²) in [5.41, 5.74) is 13.8. The second kappa shape index (κ2) is 10.5. The van der Waals surface area contributed by atoms with Crippen LogP contribution in [-0.2, 0) is 5.41 Å². The van der Waals surface area contributed by atoms with E-state index in [1.165, 1.54) is 44.4 Å². The van der Waals surface area contributed by atoms with E-state index >= 15 is 0 Å². The molecule has 5 nitrogen and oxygen atoms in total. The van der Waals surface area contributed by atoms with Gasteiger partial charge in [0.1, 0.15) is 5.82 Å². The molecule has 0 bridgehead atoms. The van der Waals surface area contributed by atoms with Crippen molar-refractivity contribution in [2.75, 3.05) is 4.90 Å². The van der Waals surface area contributed by atoms with Gasteiger partial charge in [0, 0.05) is 39.8 Å². The first-order chi connectivity index (χ1) is 23.4. The SMILES string of the molecule is Cc1cccc(C)c1-n1cnc(-c2ccc3c(c2)N(c2ccc4c5ccccc5n(-c5ccccn5)c4c2)c2ccccc2C3(C)C)c1. The van der Waals surface area contributed by atoms with E-state index in [2.05, 4.69) is 163 Å². The molecule has 0 N–H and O–H groups in total. The number of rotatable bonds is 4. The van der Waals surface area contributed by atoms with E-state index in [-0.39, 0.29) is 5.41 Å². The molecule has 0 saturated heterocycles. The van der Waals surface area contributed by atoms with Crippen LogP contribution in [0.2, 0.25) is 0 Å². The lowest BCUT2D eigenvalue weighted by atomic mass is 9.73. The minimum absolute atomic E-state index is 0.189. The number of benzene rings is 5. The largest absolute Gasteiger partial charge is 0.310 e. The summed E-state index contributed by atoms with van der Waals surface area (Å²) in [4.78, 5) is 12.1. The first-order valence-corrected chi connectivity index (χ1v) is 16.5. The molecule has 5 heteroatoms. The molecule has 0 spiro atoms. The van der Waals surface area contributed by atoms with E-state index in [1.807, 2.05) is 18.6 Å². The minimum Gasteiger partial charge on any atom is -0.310 e. The molecule has 0 fully saturated rings. The standard InChI is InChI=1S/C43H35N5/c1-28-12-11-13-29(2)42(28)46-26-36(45-27-46)30-19-22-35-40(24-30)47(38-17-8-6-15-34(38)43(35,3)4)31-20-21-33-32-14-5-7-16-37(32)48(39(33)25-31)41-18-9-10-23-44-41/h5-27H,1-4H3. The predicted molar refractivity (Wildman–Crippen MR) is 197 cm³/mol. The molecule has 3 aromatic heterocycles. The molecule has 232 valence electrons. The molecule has 8 aromatic rings. The number of para-hydroxylation sites is 3. The molecule has 0 amide bonds. The summed E-state index contributed by atoms with van der Waals surface area (Å²) in [6.45, 7) is 8.98. The molecule has 1 aliphatic heterocycles. The Morgan fingerprint density at radius 1 is 0.604 bits per heavy atom. The molecule has 0 aliphatic carbocycles. The van der Waals surface area contributed by atoms with Crippen LogP contribution in [0.1, 0.15) is 36.1 Å². The van der Waals surface area contributed by atoms with E-state index in [0.717, 1.165) is 39.5 Å². The summed E-state index contributed by atoms with van der Waals surface area (Å²) < 4.78 is 4.44. The smallest absolute Gasteiger partial charge is 0.137 e. The summed E-state index contributed by atoms with van der Waals surface area (Å²) >= 11 is 0. The fraction of sp³-hybridized carbons (Fsp3) is 0.116. The number of nitrogens with zero attached hydrogens (tertiary/aromatic N) is 5. The van der Waals surface area contributed by atoms with Gasteiger partial charge < -0.3 is 9.47 Å². The van der Waals surface area contributed by atoms with Crippen molar-refractivity contribution in [3.8, 4) is 22.8 Å². The van der Waals surface area contributed by atoms with Gasteiger partial charge in [-0.25, -0.2) is 9.97 Å². The summed E-state index contributed by atoms with van der Waals surface area (Å²) in [6.07, 6.45) is 5.95. The Kier molecular flexibility index (Phi) is 6.21. The van der Waals surface area contributed by atoms with Crippen molar-refractivity contribution >= 4 is 38.9 Å². The van der Waals surface area contributed by atoms with E-state index in [1.54, 1.807) is 0 Å². The molecular formula is C43H35N5. The highest BCUT2D eigenvalue weighted by Crippen LogP contribution is 2.53. The third-order valence-electron chi connectivity index (χ3n) is 10.1. The van der Waals surface area contributed by atoms with Crippen molar-refractivity contribution in [1.82, 2.24) is 19.1 Å². The fourth-order valence-electron chi connectivity index (χ4n) is 7.79. The van der Waals surface area contributed by atoms with Gasteiger partial charge >= 0.3 is 0 Å². The molecule has 0 unspecified atom stereocenters. The van der Waals surface area contributed by atoms with Gasteiger partial charge in [-0.1, -0.05) is 92.7 Å². The van der Waals surface area contributed by atoms with Crippen LogP contribution in [0.3, 0.4) is 0 Å². The number of fused-ring (bicyclic) bond motifs is 5. The second-order valence-corrected chi connectivity index (χ2v) is 13.4. The van der Waals surface area contributed by atoms with Gasteiger partial charge in [0.05, 0.1) is 40.1 Å². The maximum atomic E-state index is 4.92. The Morgan fingerprint density at radius 3 is 2.19 bits per heavy atom. The van der Waals surface area contributed by atoms with E-state index in [4.69, 9.17) is 9.97 Å². The van der Waals surface area contributed by atoms with Crippen LogP contribution < -0.4 is 4.90 Å². The monoisotopic (exact) mass is 621 g/mol. The summed E-state index contributed by atoms with van der Waals surface area (Å²) in [5, 5.41) is 2.42. The molecule has 5 aromatic carbocycles. The highest BCUT2D eigenvalue weighted by Gasteiger charge is 2.37. The van der Waals surface area contributed by atoms with Gasteiger partial charge in [0.2, 0.25) is 0 Å². The Morgan fingerprint density at radius 2 is 1.35 bits per heavy atom. The molecule has 0 atom stereocenters. The number of hydrogen-bond donors (Lipinski definition) is 0. The number of hydrogen-bond acceptors (Lipinski definition) is 3. The predicted octanol–water partition coefficient (Wildman–Crippen LogP) is 10.8. The van der Waals surface area contributed by atoms with Crippen LogP contribution in [0.15, 0.2) is 140 Å². The van der Waals surface area contributed by atoms with Gasteiger partial charge in [0.15, 0.2) is 0 Å². The highest BCUT2D eigenvalue weighted by atomic mass is 15.2. The lowest BCUT2D eigenvalue weighted by molar-refractivity contribution is 0.632. The third kappa shape index (κ3) is 4.17. The number of anilines is 3. The first kappa shape index (κ1) is 28.3. The van der Waals surface area contributed by atoms with Crippen molar-refractivity contribution in [3.05, 3.63) is 162 Å². The normalized spacial score (nSPS) is 13.5. The van der Waals surface area contributed by atoms with Crippen LogP contribution in [0.4, 0.5) is 17.1 Å². The average molecular weight is 622 g/mol. The van der Waals surface area contributed by atoms with Crippen LogP contribution >= 0.6 is 0 Å². The van der Waals surface area contributed by atoms with Gasteiger partial charge in [-0.05, 0) is 78.6 Å². The minimum atomic E-state index is -0.189. The molecule has 9 rings (SSSR count). The molecular weight excluding hydrogens is 587 g/mol. The van der Waals surface area contributed by atoms with Crippen molar-refractivity contribution in [1.29, 1.82) is 0 Å². The van der Waals surface area contributed by atoms with E-state index in [9.17, 15) is 0 Å². The number of pyridine rings is 1. The highest BCUT2D eigenvalue weighted by molar-refractivity contribution is 6.10. The number of aromatic nitrogens is 4. The summed E-state index contributed by atoms with van der Waals surface area (Å²) in [7, 11) is 0. The molecule has 0 radical (unpaired) electrons. The van der Waals surface area contributed by atoms with Crippen LogP contribution in [-0.4, -0.2) is 19.1 Å². The Bertz CT molecular complexity index is 2500. The zero-order chi connectivity index (χ0) is 32.6. The van der Waals surface area contributed by atoms with Crippen molar-refractivity contribution in [2.45, 2.75) is 33.1 Å². The molecule has 0 saturated carbocycles. The summed E-state index contributed by atoms with van der Waals surface area (Å²) in [5.74, 6) is 0.906. The Hall–Kier alpha value is -5.94. The lowest BCUT2D eigenvalue weighted by Gasteiger charge is -2.42. The van der Waals surface area contributed by atoms with Crippen molar-refractivity contribution < 1.29 is 0 Å². The number of imidazole rings is 1. The Balaban J connectivity index is 1.26. The van der Waals surface area contributed by atoms with Gasteiger partial charge in [-0.15, -0.1) is 0 Å². The first-order valence-electron chi connectivity index (χ1n) is 16.5. The number of aryl methyl sites for hydroxylation is 2. The fourth-order valence-corrected chi connectivity index (χ4v) is 7.79. The van der Waals surface area contributed by atoms with Crippen LogP contribution in [0, 0.1) is 13.8 Å². The molecule has 48 heavy (non-hydrogen) atoms.